The molecular weight excluding hydrogens is 110 g/mol. The molecule has 1 nitrogen and oxygen atoms in total. The maximum atomic E-state index is 2.35. The Balaban J connectivity index is 2.57. The molecule has 0 radical (unpaired) electrons. The van der Waals surface area contributed by atoms with Gasteiger partial charge in [-0.15, -0.1) is 0 Å². The zero-order valence-corrected chi connectivity index (χ0v) is 6.17. The molecule has 0 unspecified atom stereocenters. The molecule has 50 valence electrons. The highest BCUT2D eigenvalue weighted by atomic mass is 15.0. The molecule has 0 atom stereocenters. The maximum Gasteiger partial charge on any atom is 0.163 e. The molecule has 0 saturated carbocycles. The van der Waals surface area contributed by atoms with Crippen molar-refractivity contribution in [3.8, 4) is 0 Å². The molecular formula is C8H14N+. The predicted molar refractivity (Wildman–Crippen MR) is 40.1 cm³/mol. The van der Waals surface area contributed by atoms with E-state index in [0.717, 1.165) is 0 Å². The molecule has 1 heterocycles. The fourth-order valence-corrected chi connectivity index (χ4v) is 0.996. The van der Waals surface area contributed by atoms with Crippen molar-refractivity contribution in [2.24, 2.45) is 0 Å². The van der Waals surface area contributed by atoms with E-state index in [2.05, 4.69) is 36.8 Å². The largest absolute Gasteiger partial charge is 0.234 e. The van der Waals surface area contributed by atoms with Crippen LogP contribution in [0, 0.1) is 0 Å². The van der Waals surface area contributed by atoms with Crippen molar-refractivity contribution in [1.29, 1.82) is 0 Å². The van der Waals surface area contributed by atoms with Crippen LogP contribution in [0.25, 0.3) is 0 Å². The van der Waals surface area contributed by atoms with Crippen molar-refractivity contribution in [2.75, 3.05) is 6.54 Å². The van der Waals surface area contributed by atoms with E-state index >= 15 is 0 Å². The van der Waals surface area contributed by atoms with Gasteiger partial charge in [0.15, 0.2) is 6.21 Å². The van der Waals surface area contributed by atoms with Crippen LogP contribution in [0.2, 0.25) is 0 Å². The number of hydrogen-bond donors (Lipinski definition) is 0. The molecule has 0 spiro atoms. The summed E-state index contributed by atoms with van der Waals surface area (Å²) < 4.78 is 2.35. The minimum absolute atomic E-state index is 0.662. The third-order valence-electron chi connectivity index (χ3n) is 1.63. The minimum Gasteiger partial charge on any atom is -0.234 e. The summed E-state index contributed by atoms with van der Waals surface area (Å²) in [6, 6.07) is 0.662. The summed E-state index contributed by atoms with van der Waals surface area (Å²) in [6.45, 7) is 5.62. The van der Waals surface area contributed by atoms with Crippen LogP contribution in [0.1, 0.15) is 20.3 Å². The van der Waals surface area contributed by atoms with Crippen molar-refractivity contribution >= 4 is 6.21 Å². The van der Waals surface area contributed by atoms with Gasteiger partial charge in [0.05, 0.1) is 0 Å². The number of hydrogen-bond acceptors (Lipinski definition) is 0. The summed E-state index contributed by atoms with van der Waals surface area (Å²) in [7, 11) is 0. The molecule has 1 aliphatic heterocycles. The van der Waals surface area contributed by atoms with Crippen LogP contribution >= 0.6 is 0 Å². The molecule has 0 aliphatic carbocycles. The van der Waals surface area contributed by atoms with E-state index in [1.165, 1.54) is 13.0 Å². The van der Waals surface area contributed by atoms with E-state index in [4.69, 9.17) is 0 Å². The van der Waals surface area contributed by atoms with Gasteiger partial charge in [0.2, 0.25) is 0 Å². The van der Waals surface area contributed by atoms with Gasteiger partial charge in [-0.25, -0.2) is 4.58 Å². The fraction of sp³-hybridized carbons (Fsp3) is 0.625. The molecule has 0 aromatic rings. The van der Waals surface area contributed by atoms with E-state index in [1.807, 2.05) is 0 Å². The summed E-state index contributed by atoms with van der Waals surface area (Å²) in [6.07, 6.45) is 7.70. The SMILES string of the molecule is CC(C)[N+]1=CC=CCC1. The lowest BCUT2D eigenvalue weighted by molar-refractivity contribution is -0.554. The Morgan fingerprint density at radius 1 is 1.44 bits per heavy atom. The first-order valence-corrected chi connectivity index (χ1v) is 3.56. The summed E-state index contributed by atoms with van der Waals surface area (Å²) >= 11 is 0. The predicted octanol–water partition coefficient (Wildman–Crippen LogP) is 1.44. The van der Waals surface area contributed by atoms with Crippen molar-refractivity contribution in [3.05, 3.63) is 12.2 Å². The highest BCUT2D eigenvalue weighted by molar-refractivity contribution is 5.66. The smallest absolute Gasteiger partial charge is 0.163 e. The van der Waals surface area contributed by atoms with Gasteiger partial charge in [0, 0.05) is 6.42 Å². The fourth-order valence-electron chi connectivity index (χ4n) is 0.996. The van der Waals surface area contributed by atoms with Gasteiger partial charge in [-0.2, -0.15) is 0 Å². The molecule has 9 heavy (non-hydrogen) atoms. The van der Waals surface area contributed by atoms with Crippen molar-refractivity contribution in [3.63, 3.8) is 0 Å². The van der Waals surface area contributed by atoms with Crippen LogP contribution in [-0.2, 0) is 0 Å². The second-order valence-corrected chi connectivity index (χ2v) is 2.70. The van der Waals surface area contributed by atoms with Gasteiger partial charge in [-0.3, -0.25) is 0 Å². The van der Waals surface area contributed by atoms with E-state index < -0.39 is 0 Å². The number of nitrogens with zero attached hydrogens (tertiary/aromatic N) is 1. The normalized spacial score (nSPS) is 18.3. The van der Waals surface area contributed by atoms with Gasteiger partial charge < -0.3 is 0 Å². The van der Waals surface area contributed by atoms with Crippen LogP contribution < -0.4 is 0 Å². The molecule has 0 aromatic carbocycles. The van der Waals surface area contributed by atoms with E-state index in [9.17, 15) is 0 Å². The Morgan fingerprint density at radius 3 is 2.56 bits per heavy atom. The van der Waals surface area contributed by atoms with E-state index in [0.29, 0.717) is 6.04 Å². The summed E-state index contributed by atoms with van der Waals surface area (Å²) in [5.41, 5.74) is 0. The van der Waals surface area contributed by atoms with Gasteiger partial charge in [0.25, 0.3) is 0 Å². The lowest BCUT2D eigenvalue weighted by atomic mass is 10.2. The zero-order valence-electron chi connectivity index (χ0n) is 6.17. The average Bonchev–Trinajstić information content (AvgIpc) is 1.90. The molecule has 0 fully saturated rings. The lowest BCUT2D eigenvalue weighted by Crippen LogP contribution is -2.23. The van der Waals surface area contributed by atoms with Gasteiger partial charge in [-0.05, 0) is 19.9 Å². The average molecular weight is 124 g/mol. The second-order valence-electron chi connectivity index (χ2n) is 2.70. The van der Waals surface area contributed by atoms with Crippen LogP contribution in [0.15, 0.2) is 12.2 Å². The molecule has 1 aliphatic rings. The summed E-state index contributed by atoms with van der Waals surface area (Å²) in [5.74, 6) is 0. The summed E-state index contributed by atoms with van der Waals surface area (Å²) in [4.78, 5) is 0. The zero-order chi connectivity index (χ0) is 6.69. The first kappa shape index (κ1) is 6.53. The van der Waals surface area contributed by atoms with Crippen molar-refractivity contribution in [1.82, 2.24) is 0 Å². The Bertz CT molecular complexity index is 143. The topological polar surface area (TPSA) is 3.01 Å². The Hall–Kier alpha value is -0.590. The minimum atomic E-state index is 0.662. The number of allylic oxidation sites excluding steroid dienone is 1. The standard InChI is InChI=1S/C8H14N/c1-8(2)9-6-4-3-5-7-9/h3-4,6,8H,5,7H2,1-2H3/q+1. The van der Waals surface area contributed by atoms with Gasteiger partial charge in [-0.1, -0.05) is 6.08 Å². The number of rotatable bonds is 1. The molecule has 0 aromatic heterocycles. The van der Waals surface area contributed by atoms with E-state index in [-0.39, 0.29) is 0 Å². The molecule has 1 rings (SSSR count). The molecule has 1 heteroatoms. The molecule has 0 amide bonds. The molecule has 0 bridgehead atoms. The third-order valence-corrected chi connectivity index (χ3v) is 1.63. The first-order chi connectivity index (χ1) is 4.30. The monoisotopic (exact) mass is 124 g/mol. The van der Waals surface area contributed by atoms with Crippen molar-refractivity contribution < 1.29 is 4.58 Å². The second kappa shape index (κ2) is 2.81. The Labute approximate surface area is 56.7 Å². The van der Waals surface area contributed by atoms with E-state index in [1.54, 1.807) is 0 Å². The van der Waals surface area contributed by atoms with Crippen LogP contribution in [0.3, 0.4) is 0 Å². The lowest BCUT2D eigenvalue weighted by Gasteiger charge is -2.06. The quantitative estimate of drug-likeness (QED) is 0.465. The molecule has 0 N–H and O–H groups in total. The van der Waals surface area contributed by atoms with Crippen LogP contribution in [0.4, 0.5) is 0 Å². The van der Waals surface area contributed by atoms with Crippen LogP contribution in [0.5, 0.6) is 0 Å². The third kappa shape index (κ3) is 1.67. The Kier molecular flexibility index (Phi) is 2.04. The Morgan fingerprint density at radius 2 is 2.22 bits per heavy atom. The highest BCUT2D eigenvalue weighted by Gasteiger charge is 2.08. The van der Waals surface area contributed by atoms with Gasteiger partial charge >= 0.3 is 0 Å². The maximum absolute atomic E-state index is 2.35. The molecule has 0 saturated heterocycles. The first-order valence-electron chi connectivity index (χ1n) is 3.56. The summed E-state index contributed by atoms with van der Waals surface area (Å²) in [5, 5.41) is 0. The highest BCUT2D eigenvalue weighted by Crippen LogP contribution is 1.95. The van der Waals surface area contributed by atoms with Crippen molar-refractivity contribution in [2.45, 2.75) is 26.3 Å². The van der Waals surface area contributed by atoms with Gasteiger partial charge in [0.1, 0.15) is 12.6 Å². The van der Waals surface area contributed by atoms with Crippen LogP contribution in [-0.4, -0.2) is 23.4 Å².